The van der Waals surface area contributed by atoms with Gasteiger partial charge in [-0.1, -0.05) is 13.8 Å². The minimum atomic E-state index is 0.672. The summed E-state index contributed by atoms with van der Waals surface area (Å²) in [5.41, 5.74) is 1.40. The Morgan fingerprint density at radius 2 is 2.47 bits per heavy atom. The van der Waals surface area contributed by atoms with Crippen molar-refractivity contribution in [3.63, 3.8) is 0 Å². The van der Waals surface area contributed by atoms with Crippen molar-refractivity contribution in [3.05, 3.63) is 18.0 Å². The highest BCUT2D eigenvalue weighted by Crippen LogP contribution is 2.15. The molecule has 1 atom stereocenters. The van der Waals surface area contributed by atoms with Crippen LogP contribution in [-0.4, -0.2) is 22.9 Å². The van der Waals surface area contributed by atoms with Crippen molar-refractivity contribution in [2.75, 3.05) is 13.1 Å². The Kier molecular flexibility index (Phi) is 3.41. The van der Waals surface area contributed by atoms with E-state index >= 15 is 0 Å². The highest BCUT2D eigenvalue weighted by molar-refractivity contribution is 5.02. The number of nitrogens with one attached hydrogen (secondary N) is 1. The molecule has 84 valence electrons. The van der Waals surface area contributed by atoms with Crippen LogP contribution in [0.4, 0.5) is 0 Å². The Bertz CT molecular complexity index is 298. The summed E-state index contributed by atoms with van der Waals surface area (Å²) in [5, 5.41) is 7.81. The molecule has 1 N–H and O–H groups in total. The number of nitrogens with zero attached hydrogens (tertiary/aromatic N) is 2. The average Bonchev–Trinajstić information content (AvgIpc) is 2.78. The molecular weight excluding hydrogens is 186 g/mol. The van der Waals surface area contributed by atoms with E-state index in [1.807, 2.05) is 6.20 Å². The van der Waals surface area contributed by atoms with Crippen LogP contribution in [0.15, 0.2) is 12.3 Å². The second-order valence-electron chi connectivity index (χ2n) is 4.96. The lowest BCUT2D eigenvalue weighted by molar-refractivity contribution is 0.451. The monoisotopic (exact) mass is 207 g/mol. The Hall–Kier alpha value is -0.830. The molecule has 15 heavy (non-hydrogen) atoms. The van der Waals surface area contributed by atoms with Gasteiger partial charge in [0.15, 0.2) is 0 Å². The molecule has 0 aromatic carbocycles. The lowest BCUT2D eigenvalue weighted by Crippen LogP contribution is -2.15. The molecule has 1 unspecified atom stereocenters. The van der Waals surface area contributed by atoms with Gasteiger partial charge in [-0.3, -0.25) is 4.68 Å². The van der Waals surface area contributed by atoms with E-state index in [1.165, 1.54) is 31.6 Å². The van der Waals surface area contributed by atoms with Gasteiger partial charge in [0.25, 0.3) is 0 Å². The number of aromatic nitrogens is 2. The highest BCUT2D eigenvalue weighted by atomic mass is 15.3. The summed E-state index contributed by atoms with van der Waals surface area (Å²) in [6.45, 7) is 7.88. The third-order valence-electron chi connectivity index (χ3n) is 3.00. The summed E-state index contributed by atoms with van der Waals surface area (Å²) < 4.78 is 2.17. The van der Waals surface area contributed by atoms with E-state index in [0.717, 1.165) is 12.5 Å². The Morgan fingerprint density at radius 1 is 1.60 bits per heavy atom. The van der Waals surface area contributed by atoms with Crippen molar-refractivity contribution < 1.29 is 0 Å². The van der Waals surface area contributed by atoms with Crippen LogP contribution in [0.2, 0.25) is 0 Å². The molecular formula is C12H21N3. The molecule has 3 nitrogen and oxygen atoms in total. The summed E-state index contributed by atoms with van der Waals surface area (Å²) >= 11 is 0. The first-order chi connectivity index (χ1) is 7.25. The normalized spacial score (nSPS) is 21.4. The van der Waals surface area contributed by atoms with Crippen molar-refractivity contribution in [2.24, 2.45) is 11.8 Å². The van der Waals surface area contributed by atoms with Gasteiger partial charge in [-0.05, 0) is 43.8 Å². The summed E-state index contributed by atoms with van der Waals surface area (Å²) in [5.74, 6) is 1.48. The van der Waals surface area contributed by atoms with Crippen molar-refractivity contribution in [3.8, 4) is 0 Å². The van der Waals surface area contributed by atoms with Gasteiger partial charge in [-0.25, -0.2) is 0 Å². The number of hydrogen-bond donors (Lipinski definition) is 1. The van der Waals surface area contributed by atoms with Crippen molar-refractivity contribution in [2.45, 2.75) is 33.2 Å². The molecule has 1 aromatic rings. The Balaban J connectivity index is 1.97. The van der Waals surface area contributed by atoms with Crippen molar-refractivity contribution >= 4 is 0 Å². The van der Waals surface area contributed by atoms with Gasteiger partial charge >= 0.3 is 0 Å². The van der Waals surface area contributed by atoms with Crippen molar-refractivity contribution in [1.82, 2.24) is 15.1 Å². The van der Waals surface area contributed by atoms with Gasteiger partial charge in [0.1, 0.15) is 0 Å². The fourth-order valence-electron chi connectivity index (χ4n) is 2.23. The molecule has 1 saturated heterocycles. The minimum Gasteiger partial charge on any atom is -0.316 e. The first-order valence-electron chi connectivity index (χ1n) is 5.97. The molecule has 0 spiro atoms. The second-order valence-corrected chi connectivity index (χ2v) is 4.96. The highest BCUT2D eigenvalue weighted by Gasteiger charge is 2.16. The van der Waals surface area contributed by atoms with Crippen LogP contribution in [0.5, 0.6) is 0 Å². The zero-order valence-electron chi connectivity index (χ0n) is 9.74. The van der Waals surface area contributed by atoms with E-state index in [-0.39, 0.29) is 0 Å². The van der Waals surface area contributed by atoms with Gasteiger partial charge in [0, 0.05) is 18.4 Å². The first-order valence-corrected chi connectivity index (χ1v) is 5.97. The predicted molar refractivity (Wildman–Crippen MR) is 61.7 cm³/mol. The summed E-state index contributed by atoms with van der Waals surface area (Å²) in [4.78, 5) is 0. The predicted octanol–water partition coefficient (Wildman–Crippen LogP) is 1.69. The number of rotatable bonds is 4. The van der Waals surface area contributed by atoms with Crippen LogP contribution in [0.25, 0.3) is 0 Å². The first kappa shape index (κ1) is 10.7. The summed E-state index contributed by atoms with van der Waals surface area (Å²) in [6, 6.07) is 2.17. The lowest BCUT2D eigenvalue weighted by atomic mass is 10.0. The smallest absolute Gasteiger partial charge is 0.0492 e. The molecule has 2 rings (SSSR count). The van der Waals surface area contributed by atoms with Crippen molar-refractivity contribution in [1.29, 1.82) is 0 Å². The topological polar surface area (TPSA) is 29.9 Å². The molecule has 0 radical (unpaired) electrons. The molecule has 0 amide bonds. The van der Waals surface area contributed by atoms with Gasteiger partial charge in [-0.15, -0.1) is 0 Å². The van der Waals surface area contributed by atoms with E-state index in [4.69, 9.17) is 0 Å². The number of hydrogen-bond acceptors (Lipinski definition) is 2. The van der Waals surface area contributed by atoms with E-state index in [9.17, 15) is 0 Å². The maximum Gasteiger partial charge on any atom is 0.0492 e. The largest absolute Gasteiger partial charge is 0.316 e. The SMILES string of the molecule is CC(C)Cn1nccc1CC1CCNC1. The maximum atomic E-state index is 4.39. The third-order valence-corrected chi connectivity index (χ3v) is 3.00. The van der Waals surface area contributed by atoms with Crippen LogP contribution < -0.4 is 5.32 Å². The fraction of sp³-hybridized carbons (Fsp3) is 0.750. The molecule has 1 aliphatic heterocycles. The maximum absolute atomic E-state index is 4.39. The summed E-state index contributed by atoms with van der Waals surface area (Å²) in [7, 11) is 0. The van der Waals surface area contributed by atoms with E-state index in [2.05, 4.69) is 35.0 Å². The van der Waals surface area contributed by atoms with E-state index < -0.39 is 0 Å². The molecule has 0 saturated carbocycles. The van der Waals surface area contributed by atoms with Gasteiger partial charge in [0.05, 0.1) is 0 Å². The molecule has 0 aliphatic carbocycles. The Morgan fingerprint density at radius 3 is 3.13 bits per heavy atom. The van der Waals surface area contributed by atoms with Crippen LogP contribution >= 0.6 is 0 Å². The fourth-order valence-corrected chi connectivity index (χ4v) is 2.23. The average molecular weight is 207 g/mol. The zero-order chi connectivity index (χ0) is 10.7. The van der Waals surface area contributed by atoms with Gasteiger partial charge in [0.2, 0.25) is 0 Å². The second kappa shape index (κ2) is 4.79. The molecule has 1 aromatic heterocycles. The molecule has 1 aliphatic rings. The van der Waals surface area contributed by atoms with Gasteiger partial charge in [-0.2, -0.15) is 5.10 Å². The van der Waals surface area contributed by atoms with E-state index in [1.54, 1.807) is 0 Å². The molecule has 2 heterocycles. The Labute approximate surface area is 91.9 Å². The molecule has 3 heteroatoms. The summed E-state index contributed by atoms with van der Waals surface area (Å²) in [6.07, 6.45) is 4.42. The zero-order valence-corrected chi connectivity index (χ0v) is 9.74. The van der Waals surface area contributed by atoms with Crippen LogP contribution in [0, 0.1) is 11.8 Å². The van der Waals surface area contributed by atoms with Crippen LogP contribution in [0.3, 0.4) is 0 Å². The lowest BCUT2D eigenvalue weighted by Gasteiger charge is -2.12. The third kappa shape index (κ3) is 2.81. The minimum absolute atomic E-state index is 0.672. The molecule has 1 fully saturated rings. The van der Waals surface area contributed by atoms with E-state index in [0.29, 0.717) is 5.92 Å². The molecule has 0 bridgehead atoms. The quantitative estimate of drug-likeness (QED) is 0.814. The standard InChI is InChI=1S/C12H21N3/c1-10(2)9-15-12(4-6-14-15)7-11-3-5-13-8-11/h4,6,10-11,13H,3,5,7-9H2,1-2H3. The van der Waals surface area contributed by atoms with Crippen LogP contribution in [0.1, 0.15) is 26.0 Å². The van der Waals surface area contributed by atoms with Gasteiger partial charge < -0.3 is 5.32 Å². The van der Waals surface area contributed by atoms with Crippen LogP contribution in [-0.2, 0) is 13.0 Å².